The Morgan fingerprint density at radius 2 is 2.32 bits per heavy atom. The van der Waals surface area contributed by atoms with Crippen molar-refractivity contribution in [2.75, 3.05) is 7.11 Å². The van der Waals surface area contributed by atoms with Gasteiger partial charge in [-0.2, -0.15) is 4.68 Å². The molecular weight excluding hydrogens is 321 g/mol. The van der Waals surface area contributed by atoms with Crippen molar-refractivity contribution in [2.24, 2.45) is 0 Å². The van der Waals surface area contributed by atoms with Gasteiger partial charge in [0.1, 0.15) is 4.47 Å². The van der Waals surface area contributed by atoms with E-state index >= 15 is 0 Å². The molecule has 0 N–H and O–H groups in total. The van der Waals surface area contributed by atoms with E-state index < -0.39 is 10.7 Å². The van der Waals surface area contributed by atoms with Crippen LogP contribution in [-0.4, -0.2) is 21.8 Å². The Labute approximate surface area is 116 Å². The second kappa shape index (κ2) is 5.35. The lowest BCUT2D eigenvalue weighted by molar-refractivity contribution is -0.390. The predicted octanol–water partition coefficient (Wildman–Crippen LogP) is 2.75. The minimum absolute atomic E-state index is 0.0788. The summed E-state index contributed by atoms with van der Waals surface area (Å²) in [5.74, 6) is -0.680. The highest BCUT2D eigenvalue weighted by Crippen LogP contribution is 2.24. The summed E-state index contributed by atoms with van der Waals surface area (Å²) >= 11 is 3.03. The van der Waals surface area contributed by atoms with Gasteiger partial charge in [-0.15, -0.1) is 0 Å². The first-order chi connectivity index (χ1) is 9.02. The van der Waals surface area contributed by atoms with Gasteiger partial charge in [-0.05, 0) is 26.9 Å². The molecule has 6 nitrogen and oxygen atoms in total. The summed E-state index contributed by atoms with van der Waals surface area (Å²) in [6.07, 6.45) is 1.43. The molecule has 0 unspecified atom stereocenters. The molecule has 1 heterocycles. The third-order valence-corrected chi connectivity index (χ3v) is 3.03. The SMILES string of the molecule is COc1cccc(Cn2cc(Br)c([N+](=O)[O-])n2)c1F. The van der Waals surface area contributed by atoms with Crippen LogP contribution in [0.4, 0.5) is 10.2 Å². The van der Waals surface area contributed by atoms with Crippen molar-refractivity contribution in [1.29, 1.82) is 0 Å². The molecule has 0 saturated heterocycles. The number of methoxy groups -OCH3 is 1. The van der Waals surface area contributed by atoms with E-state index in [4.69, 9.17) is 4.74 Å². The first kappa shape index (κ1) is 13.5. The fourth-order valence-corrected chi connectivity index (χ4v) is 2.06. The first-order valence-corrected chi connectivity index (χ1v) is 6.01. The monoisotopic (exact) mass is 329 g/mol. The van der Waals surface area contributed by atoms with E-state index in [1.54, 1.807) is 12.1 Å². The standard InChI is InChI=1S/C11H9BrFN3O3/c1-19-9-4-2-3-7(10(9)13)5-15-6-8(12)11(14-15)16(17)18/h2-4,6H,5H2,1H3. The lowest BCUT2D eigenvalue weighted by Crippen LogP contribution is -2.04. The van der Waals surface area contributed by atoms with E-state index in [1.165, 1.54) is 24.1 Å². The number of nitrogens with zero attached hydrogens (tertiary/aromatic N) is 3. The van der Waals surface area contributed by atoms with E-state index in [9.17, 15) is 14.5 Å². The highest BCUT2D eigenvalue weighted by Gasteiger charge is 2.19. The topological polar surface area (TPSA) is 70.2 Å². The van der Waals surface area contributed by atoms with Crippen molar-refractivity contribution in [2.45, 2.75) is 6.54 Å². The van der Waals surface area contributed by atoms with Crippen LogP contribution in [0.15, 0.2) is 28.9 Å². The summed E-state index contributed by atoms with van der Waals surface area (Å²) < 4.78 is 20.3. The minimum Gasteiger partial charge on any atom is -0.494 e. The molecule has 0 saturated carbocycles. The van der Waals surface area contributed by atoms with Crippen LogP contribution < -0.4 is 4.74 Å². The van der Waals surface area contributed by atoms with Gasteiger partial charge in [0.25, 0.3) is 0 Å². The number of aromatic nitrogens is 2. The molecule has 0 atom stereocenters. The quantitative estimate of drug-likeness (QED) is 0.638. The van der Waals surface area contributed by atoms with Gasteiger partial charge >= 0.3 is 5.82 Å². The van der Waals surface area contributed by atoms with Crippen LogP contribution in [0.1, 0.15) is 5.56 Å². The maximum absolute atomic E-state index is 13.9. The van der Waals surface area contributed by atoms with Crippen molar-refractivity contribution in [3.8, 4) is 5.75 Å². The fourth-order valence-electron chi connectivity index (χ4n) is 1.60. The first-order valence-electron chi connectivity index (χ1n) is 5.21. The van der Waals surface area contributed by atoms with Gasteiger partial charge in [-0.25, -0.2) is 4.39 Å². The molecule has 0 bridgehead atoms. The van der Waals surface area contributed by atoms with E-state index in [-0.39, 0.29) is 22.6 Å². The van der Waals surface area contributed by atoms with Gasteiger partial charge in [0, 0.05) is 5.56 Å². The summed E-state index contributed by atoms with van der Waals surface area (Å²) in [5.41, 5.74) is 0.337. The molecular formula is C11H9BrFN3O3. The van der Waals surface area contributed by atoms with Crippen LogP contribution in [0.3, 0.4) is 0 Å². The molecule has 1 aromatic heterocycles. The minimum atomic E-state index is -0.609. The smallest absolute Gasteiger partial charge is 0.404 e. The highest BCUT2D eigenvalue weighted by molar-refractivity contribution is 9.10. The van der Waals surface area contributed by atoms with Crippen LogP contribution in [0.25, 0.3) is 0 Å². The molecule has 8 heteroatoms. The van der Waals surface area contributed by atoms with E-state index in [2.05, 4.69) is 21.0 Å². The Morgan fingerprint density at radius 3 is 2.89 bits per heavy atom. The number of halogens is 2. The Hall–Kier alpha value is -1.96. The molecule has 1 aromatic carbocycles. The normalized spacial score (nSPS) is 10.5. The molecule has 0 amide bonds. The van der Waals surface area contributed by atoms with Crippen LogP contribution in [0.2, 0.25) is 0 Å². The lowest BCUT2D eigenvalue weighted by Gasteiger charge is -2.05. The Kier molecular flexibility index (Phi) is 3.79. The summed E-state index contributed by atoms with van der Waals surface area (Å²) in [5, 5.41) is 14.4. The summed E-state index contributed by atoms with van der Waals surface area (Å²) in [4.78, 5) is 10.1. The number of nitro groups is 1. The van der Waals surface area contributed by atoms with E-state index in [0.717, 1.165) is 0 Å². The number of benzene rings is 1. The molecule has 0 aliphatic rings. The van der Waals surface area contributed by atoms with Crippen LogP contribution in [-0.2, 0) is 6.54 Å². The van der Waals surface area contributed by atoms with Crippen molar-refractivity contribution in [3.05, 3.63) is 50.4 Å². The zero-order valence-corrected chi connectivity index (χ0v) is 11.4. The second-order valence-electron chi connectivity index (χ2n) is 3.69. The zero-order chi connectivity index (χ0) is 14.0. The van der Waals surface area contributed by atoms with E-state index in [0.29, 0.717) is 5.56 Å². The molecule has 0 spiro atoms. The largest absolute Gasteiger partial charge is 0.494 e. The Morgan fingerprint density at radius 1 is 1.58 bits per heavy atom. The molecule has 100 valence electrons. The van der Waals surface area contributed by atoms with Gasteiger partial charge in [-0.1, -0.05) is 12.1 Å². The van der Waals surface area contributed by atoms with Crippen LogP contribution in [0.5, 0.6) is 5.75 Å². The zero-order valence-electron chi connectivity index (χ0n) is 9.84. The average Bonchev–Trinajstić information content (AvgIpc) is 2.73. The van der Waals surface area contributed by atoms with Crippen molar-refractivity contribution >= 4 is 21.7 Å². The van der Waals surface area contributed by atoms with Crippen molar-refractivity contribution in [1.82, 2.24) is 9.78 Å². The second-order valence-corrected chi connectivity index (χ2v) is 4.54. The molecule has 19 heavy (non-hydrogen) atoms. The Balaban J connectivity index is 2.31. The summed E-state index contributed by atoms with van der Waals surface area (Å²) in [7, 11) is 1.37. The molecule has 0 fully saturated rings. The van der Waals surface area contributed by atoms with Crippen LogP contribution in [0, 0.1) is 15.9 Å². The predicted molar refractivity (Wildman–Crippen MR) is 68.6 cm³/mol. The maximum atomic E-state index is 13.9. The lowest BCUT2D eigenvalue weighted by atomic mass is 10.2. The third-order valence-electron chi connectivity index (χ3n) is 2.47. The van der Waals surface area contributed by atoms with Crippen molar-refractivity contribution in [3.63, 3.8) is 0 Å². The highest BCUT2D eigenvalue weighted by atomic mass is 79.9. The molecule has 2 aromatic rings. The number of ether oxygens (including phenoxy) is 1. The fraction of sp³-hybridized carbons (Fsp3) is 0.182. The van der Waals surface area contributed by atoms with Gasteiger partial charge in [0.05, 0.1) is 25.0 Å². The summed E-state index contributed by atoms with van der Waals surface area (Å²) in [6, 6.07) is 4.71. The van der Waals surface area contributed by atoms with Gasteiger partial charge in [0.15, 0.2) is 11.6 Å². The van der Waals surface area contributed by atoms with Crippen molar-refractivity contribution < 1.29 is 14.1 Å². The maximum Gasteiger partial charge on any atom is 0.404 e. The third kappa shape index (κ3) is 2.73. The van der Waals surface area contributed by atoms with Gasteiger partial charge in [-0.3, -0.25) is 0 Å². The number of hydrogen-bond donors (Lipinski definition) is 0. The van der Waals surface area contributed by atoms with Gasteiger partial charge in [0.2, 0.25) is 0 Å². The summed E-state index contributed by atoms with van der Waals surface area (Å²) in [6.45, 7) is 0.0788. The van der Waals surface area contributed by atoms with Gasteiger partial charge < -0.3 is 14.9 Å². The van der Waals surface area contributed by atoms with E-state index in [1.807, 2.05) is 0 Å². The molecule has 0 aliphatic heterocycles. The number of hydrogen-bond acceptors (Lipinski definition) is 4. The average molecular weight is 330 g/mol. The Bertz CT molecular complexity index is 630. The number of rotatable bonds is 4. The molecule has 0 aliphatic carbocycles. The van der Waals surface area contributed by atoms with Crippen LogP contribution >= 0.6 is 15.9 Å². The molecule has 0 radical (unpaired) electrons. The molecule has 2 rings (SSSR count).